The first kappa shape index (κ1) is 17.3. The fourth-order valence-electron chi connectivity index (χ4n) is 3.55. The molecule has 0 fully saturated rings. The van der Waals surface area contributed by atoms with Crippen LogP contribution < -0.4 is 5.32 Å². The van der Waals surface area contributed by atoms with Crippen LogP contribution in [-0.4, -0.2) is 25.4 Å². The highest BCUT2D eigenvalue weighted by Crippen LogP contribution is 2.24. The number of rotatable bonds is 6. The van der Waals surface area contributed by atoms with Crippen molar-refractivity contribution in [3.63, 3.8) is 0 Å². The third kappa shape index (κ3) is 3.18. The fourth-order valence-corrected chi connectivity index (χ4v) is 3.55. The lowest BCUT2D eigenvalue weighted by Crippen LogP contribution is -2.33. The van der Waals surface area contributed by atoms with Crippen molar-refractivity contribution in [1.82, 2.24) is 24.8 Å². The minimum absolute atomic E-state index is 0.0178. The smallest absolute Gasteiger partial charge is 0.243 e. The van der Waals surface area contributed by atoms with Crippen LogP contribution in [0.3, 0.4) is 0 Å². The van der Waals surface area contributed by atoms with Crippen LogP contribution in [0.2, 0.25) is 0 Å². The first-order chi connectivity index (χ1) is 13.2. The molecule has 1 unspecified atom stereocenters. The summed E-state index contributed by atoms with van der Waals surface area (Å²) < 4.78 is 2.07. The van der Waals surface area contributed by atoms with Crippen molar-refractivity contribution in [2.45, 2.75) is 39.3 Å². The second-order valence-corrected chi connectivity index (χ2v) is 6.58. The number of nitrogens with one attached hydrogen (secondary N) is 2. The van der Waals surface area contributed by atoms with Crippen molar-refractivity contribution >= 4 is 28.0 Å². The van der Waals surface area contributed by atoms with E-state index in [0.29, 0.717) is 13.0 Å². The van der Waals surface area contributed by atoms with E-state index in [0.717, 1.165) is 40.1 Å². The number of aryl methyl sites for hydroxylation is 1. The number of carbonyl (C=O) groups excluding carboxylic acids is 1. The monoisotopic (exact) mass is 361 g/mol. The number of fused-ring (bicyclic) bond motifs is 2. The summed E-state index contributed by atoms with van der Waals surface area (Å²) in [6, 6.07) is 15.5. The zero-order chi connectivity index (χ0) is 18.8. The SMILES string of the molecule is CCc1nc2ccccc2n1C(CC)C(=O)NCc1nc2ccccc2[nH]1. The largest absolute Gasteiger partial charge is 0.347 e. The highest BCUT2D eigenvalue weighted by atomic mass is 16.2. The third-order valence-electron chi connectivity index (χ3n) is 4.85. The van der Waals surface area contributed by atoms with Gasteiger partial charge in [-0.05, 0) is 30.7 Å². The first-order valence-electron chi connectivity index (χ1n) is 9.38. The summed E-state index contributed by atoms with van der Waals surface area (Å²) in [5.41, 5.74) is 3.81. The zero-order valence-electron chi connectivity index (χ0n) is 15.6. The van der Waals surface area contributed by atoms with Gasteiger partial charge >= 0.3 is 0 Å². The third-order valence-corrected chi connectivity index (χ3v) is 4.85. The minimum Gasteiger partial charge on any atom is -0.347 e. The fraction of sp³-hybridized carbons (Fsp3) is 0.286. The van der Waals surface area contributed by atoms with Crippen LogP contribution in [0.5, 0.6) is 0 Å². The number of H-pyrrole nitrogens is 1. The van der Waals surface area contributed by atoms with Gasteiger partial charge < -0.3 is 14.9 Å². The van der Waals surface area contributed by atoms with Gasteiger partial charge in [0.2, 0.25) is 5.91 Å². The predicted octanol–water partition coefficient (Wildman–Crippen LogP) is 3.74. The van der Waals surface area contributed by atoms with Gasteiger partial charge in [-0.3, -0.25) is 4.79 Å². The Balaban J connectivity index is 1.58. The molecule has 1 amide bonds. The number of benzene rings is 2. The number of nitrogens with zero attached hydrogens (tertiary/aromatic N) is 3. The van der Waals surface area contributed by atoms with E-state index in [4.69, 9.17) is 4.98 Å². The Hall–Kier alpha value is -3.15. The number of imidazole rings is 2. The molecule has 2 aromatic carbocycles. The van der Waals surface area contributed by atoms with Crippen LogP contribution in [0.15, 0.2) is 48.5 Å². The van der Waals surface area contributed by atoms with E-state index in [1.807, 2.05) is 55.5 Å². The predicted molar refractivity (Wildman–Crippen MR) is 106 cm³/mol. The second kappa shape index (κ2) is 7.23. The molecule has 0 aliphatic carbocycles. The number of hydrogen-bond acceptors (Lipinski definition) is 3. The number of amides is 1. The minimum atomic E-state index is -0.295. The van der Waals surface area contributed by atoms with Gasteiger partial charge in [0.15, 0.2) is 0 Å². The molecule has 2 aromatic heterocycles. The molecule has 2 heterocycles. The standard InChI is InChI=1S/C21H23N5O/c1-3-17(26-18-12-8-7-11-16(18)25-20(26)4-2)21(27)22-13-19-23-14-9-5-6-10-15(14)24-19/h5-12,17H,3-4,13H2,1-2H3,(H,22,27)(H,23,24). The summed E-state index contributed by atoms with van der Waals surface area (Å²) in [7, 11) is 0. The van der Waals surface area contributed by atoms with Gasteiger partial charge in [0, 0.05) is 6.42 Å². The maximum absolute atomic E-state index is 13.0. The summed E-state index contributed by atoms with van der Waals surface area (Å²) in [6.45, 7) is 4.47. The molecule has 6 nitrogen and oxygen atoms in total. The van der Waals surface area contributed by atoms with Crippen LogP contribution >= 0.6 is 0 Å². The van der Waals surface area contributed by atoms with Crippen LogP contribution in [0.25, 0.3) is 22.1 Å². The van der Waals surface area contributed by atoms with E-state index >= 15 is 0 Å². The van der Waals surface area contributed by atoms with Gasteiger partial charge in [0.1, 0.15) is 17.7 Å². The lowest BCUT2D eigenvalue weighted by atomic mass is 10.2. The molecule has 138 valence electrons. The lowest BCUT2D eigenvalue weighted by Gasteiger charge is -2.19. The Morgan fingerprint density at radius 1 is 1.07 bits per heavy atom. The molecular weight excluding hydrogens is 338 g/mol. The summed E-state index contributed by atoms with van der Waals surface area (Å²) in [4.78, 5) is 25.4. The molecule has 4 aromatic rings. The molecule has 0 spiro atoms. The van der Waals surface area contributed by atoms with Gasteiger partial charge in [-0.2, -0.15) is 0 Å². The van der Waals surface area contributed by atoms with Crippen molar-refractivity contribution < 1.29 is 4.79 Å². The van der Waals surface area contributed by atoms with Crippen molar-refractivity contribution in [2.24, 2.45) is 0 Å². The molecule has 1 atom stereocenters. The summed E-state index contributed by atoms with van der Waals surface area (Å²) in [5, 5.41) is 3.03. The molecule has 6 heteroatoms. The molecule has 0 aliphatic heterocycles. The summed E-state index contributed by atoms with van der Waals surface area (Å²) >= 11 is 0. The highest BCUT2D eigenvalue weighted by molar-refractivity contribution is 5.84. The Kier molecular flexibility index (Phi) is 4.62. The van der Waals surface area contributed by atoms with Crippen molar-refractivity contribution in [2.75, 3.05) is 0 Å². The van der Waals surface area contributed by atoms with Crippen LogP contribution in [0, 0.1) is 0 Å². The molecule has 0 saturated heterocycles. The highest BCUT2D eigenvalue weighted by Gasteiger charge is 2.23. The van der Waals surface area contributed by atoms with Gasteiger partial charge in [-0.1, -0.05) is 38.1 Å². The first-order valence-corrected chi connectivity index (χ1v) is 9.38. The van der Waals surface area contributed by atoms with E-state index < -0.39 is 0 Å². The number of para-hydroxylation sites is 4. The van der Waals surface area contributed by atoms with Crippen molar-refractivity contribution in [3.05, 3.63) is 60.2 Å². The van der Waals surface area contributed by atoms with E-state index in [9.17, 15) is 4.79 Å². The molecule has 0 saturated carbocycles. The quantitative estimate of drug-likeness (QED) is 0.549. The van der Waals surface area contributed by atoms with E-state index in [2.05, 4.69) is 26.8 Å². The molecule has 0 aliphatic rings. The number of aromatic amines is 1. The Bertz CT molecular complexity index is 1060. The Morgan fingerprint density at radius 2 is 1.81 bits per heavy atom. The van der Waals surface area contributed by atoms with Gasteiger partial charge in [0.25, 0.3) is 0 Å². The van der Waals surface area contributed by atoms with Crippen LogP contribution in [-0.2, 0) is 17.8 Å². The molecule has 27 heavy (non-hydrogen) atoms. The topological polar surface area (TPSA) is 75.6 Å². The van der Waals surface area contributed by atoms with Crippen LogP contribution in [0.4, 0.5) is 0 Å². The van der Waals surface area contributed by atoms with Crippen LogP contribution in [0.1, 0.15) is 38.0 Å². The molecule has 2 N–H and O–H groups in total. The summed E-state index contributed by atoms with van der Waals surface area (Å²) in [5.74, 6) is 1.67. The van der Waals surface area contributed by atoms with Gasteiger partial charge in [-0.15, -0.1) is 0 Å². The van der Waals surface area contributed by atoms with E-state index in [1.165, 1.54) is 0 Å². The number of aromatic nitrogens is 4. The average molecular weight is 361 g/mol. The number of hydrogen-bond donors (Lipinski definition) is 2. The van der Waals surface area contributed by atoms with E-state index in [-0.39, 0.29) is 11.9 Å². The van der Waals surface area contributed by atoms with E-state index in [1.54, 1.807) is 0 Å². The molecule has 0 bridgehead atoms. The molecule has 4 rings (SSSR count). The second-order valence-electron chi connectivity index (χ2n) is 6.58. The van der Waals surface area contributed by atoms with Crippen molar-refractivity contribution in [3.8, 4) is 0 Å². The molecular formula is C21H23N5O. The Morgan fingerprint density at radius 3 is 2.56 bits per heavy atom. The lowest BCUT2D eigenvalue weighted by molar-refractivity contribution is -0.124. The average Bonchev–Trinajstić information content (AvgIpc) is 3.28. The summed E-state index contributed by atoms with van der Waals surface area (Å²) in [6.07, 6.45) is 1.47. The maximum atomic E-state index is 13.0. The van der Waals surface area contributed by atoms with Crippen molar-refractivity contribution in [1.29, 1.82) is 0 Å². The van der Waals surface area contributed by atoms with Gasteiger partial charge in [-0.25, -0.2) is 9.97 Å². The Labute approximate surface area is 157 Å². The zero-order valence-corrected chi connectivity index (χ0v) is 15.6. The number of carbonyl (C=O) groups is 1. The maximum Gasteiger partial charge on any atom is 0.243 e. The normalized spacial score (nSPS) is 12.5. The molecule has 0 radical (unpaired) electrons. The van der Waals surface area contributed by atoms with Gasteiger partial charge in [0.05, 0.1) is 28.6 Å².